The fraction of sp³-hybridized carbons (Fsp3) is 0.370. The molecule has 0 unspecified atom stereocenters. The van der Waals surface area contributed by atoms with Gasteiger partial charge in [-0.15, -0.1) is 0 Å². The van der Waals surface area contributed by atoms with Crippen molar-refractivity contribution in [3.63, 3.8) is 0 Å². The Morgan fingerprint density at radius 3 is 2.44 bits per heavy atom. The van der Waals surface area contributed by atoms with E-state index in [0.717, 1.165) is 54.4 Å². The fourth-order valence-electron chi connectivity index (χ4n) is 4.58. The molecule has 0 aliphatic carbocycles. The molecule has 1 fully saturated rings. The zero-order valence-electron chi connectivity index (χ0n) is 19.8. The minimum Gasteiger partial charge on any atom is -0.497 e. The number of benzene rings is 2. The second-order valence-corrected chi connectivity index (χ2v) is 8.93. The summed E-state index contributed by atoms with van der Waals surface area (Å²) in [6, 6.07) is 15.2. The third kappa shape index (κ3) is 4.69. The Labute approximate surface area is 200 Å². The normalized spacial score (nSPS) is 15.6. The van der Waals surface area contributed by atoms with Crippen molar-refractivity contribution in [3.05, 3.63) is 70.9 Å². The first-order valence-electron chi connectivity index (χ1n) is 11.9. The number of carbonyl (C=O) groups excluding carboxylic acids is 1. The van der Waals surface area contributed by atoms with Crippen molar-refractivity contribution in [2.75, 3.05) is 31.6 Å². The number of rotatable bonds is 5. The van der Waals surface area contributed by atoms with Crippen LogP contribution in [0.3, 0.4) is 0 Å². The predicted octanol–water partition coefficient (Wildman–Crippen LogP) is 4.77. The molecule has 5 rings (SSSR count). The SMILES string of the molecule is COc1ccc(Oc2nc(N3CCCCC3)nc3c2CN(C(=O)c2cccc(C)c2)CC3)cc1. The predicted molar refractivity (Wildman–Crippen MR) is 131 cm³/mol. The molecule has 7 nitrogen and oxygen atoms in total. The summed E-state index contributed by atoms with van der Waals surface area (Å²) in [5.74, 6) is 2.71. The van der Waals surface area contributed by atoms with Crippen LogP contribution in [0.25, 0.3) is 0 Å². The van der Waals surface area contributed by atoms with E-state index in [1.807, 2.05) is 60.4 Å². The largest absolute Gasteiger partial charge is 0.497 e. The van der Waals surface area contributed by atoms with E-state index in [-0.39, 0.29) is 5.91 Å². The summed E-state index contributed by atoms with van der Waals surface area (Å²) < 4.78 is 11.6. The number of hydrogen-bond donors (Lipinski definition) is 0. The molecule has 1 amide bonds. The second kappa shape index (κ2) is 9.71. The van der Waals surface area contributed by atoms with E-state index < -0.39 is 0 Å². The van der Waals surface area contributed by atoms with E-state index >= 15 is 0 Å². The van der Waals surface area contributed by atoms with Crippen molar-refractivity contribution in [3.8, 4) is 17.4 Å². The number of piperidine rings is 1. The van der Waals surface area contributed by atoms with Gasteiger partial charge in [-0.1, -0.05) is 17.7 Å². The smallest absolute Gasteiger partial charge is 0.254 e. The average Bonchev–Trinajstić information content (AvgIpc) is 2.89. The molecule has 34 heavy (non-hydrogen) atoms. The van der Waals surface area contributed by atoms with Gasteiger partial charge in [0.1, 0.15) is 11.5 Å². The van der Waals surface area contributed by atoms with Gasteiger partial charge in [0, 0.05) is 31.6 Å². The Balaban J connectivity index is 1.47. The number of aromatic nitrogens is 2. The average molecular weight is 459 g/mol. The maximum Gasteiger partial charge on any atom is 0.254 e. The van der Waals surface area contributed by atoms with Crippen molar-refractivity contribution in [2.24, 2.45) is 0 Å². The molecule has 0 spiro atoms. The number of nitrogens with zero attached hydrogens (tertiary/aromatic N) is 4. The molecule has 1 aromatic heterocycles. The van der Waals surface area contributed by atoms with Crippen LogP contribution in [0, 0.1) is 6.92 Å². The van der Waals surface area contributed by atoms with Gasteiger partial charge in [-0.2, -0.15) is 4.98 Å². The molecule has 3 aromatic rings. The molecule has 3 heterocycles. The van der Waals surface area contributed by atoms with Gasteiger partial charge in [0.2, 0.25) is 11.8 Å². The van der Waals surface area contributed by atoms with E-state index in [1.165, 1.54) is 6.42 Å². The van der Waals surface area contributed by atoms with Gasteiger partial charge in [-0.05, 0) is 62.6 Å². The van der Waals surface area contributed by atoms with Gasteiger partial charge >= 0.3 is 0 Å². The summed E-state index contributed by atoms with van der Waals surface area (Å²) >= 11 is 0. The fourth-order valence-corrected chi connectivity index (χ4v) is 4.58. The standard InChI is InChI=1S/C27H30N4O3/c1-19-7-6-8-20(17-19)26(32)31-16-13-24-23(18-31)25(34-22-11-9-21(33-2)10-12-22)29-27(28-24)30-14-4-3-5-15-30/h6-12,17H,3-5,13-16,18H2,1-2H3. The Morgan fingerprint density at radius 2 is 1.71 bits per heavy atom. The van der Waals surface area contributed by atoms with Crippen molar-refractivity contribution < 1.29 is 14.3 Å². The molecule has 2 aromatic carbocycles. The minimum absolute atomic E-state index is 0.0184. The molecule has 2 aliphatic rings. The molecule has 0 bridgehead atoms. The second-order valence-electron chi connectivity index (χ2n) is 8.93. The molecule has 1 saturated heterocycles. The van der Waals surface area contributed by atoms with E-state index in [9.17, 15) is 4.79 Å². The van der Waals surface area contributed by atoms with Crippen LogP contribution in [0.2, 0.25) is 0 Å². The summed E-state index contributed by atoms with van der Waals surface area (Å²) in [7, 11) is 1.64. The molecule has 0 radical (unpaired) electrons. The highest BCUT2D eigenvalue weighted by Crippen LogP contribution is 2.33. The van der Waals surface area contributed by atoms with Crippen LogP contribution in [0.15, 0.2) is 48.5 Å². The lowest BCUT2D eigenvalue weighted by Crippen LogP contribution is -2.37. The van der Waals surface area contributed by atoms with Crippen LogP contribution in [0.5, 0.6) is 17.4 Å². The molecule has 176 valence electrons. The van der Waals surface area contributed by atoms with Crippen molar-refractivity contribution >= 4 is 11.9 Å². The van der Waals surface area contributed by atoms with Crippen LogP contribution in [0.1, 0.15) is 46.4 Å². The highest BCUT2D eigenvalue weighted by atomic mass is 16.5. The first kappa shape index (κ1) is 22.2. The Kier molecular flexibility index (Phi) is 6.34. The molecule has 2 aliphatic heterocycles. The summed E-state index contributed by atoms with van der Waals surface area (Å²) in [6.45, 7) is 4.96. The highest BCUT2D eigenvalue weighted by Gasteiger charge is 2.28. The Morgan fingerprint density at radius 1 is 0.941 bits per heavy atom. The monoisotopic (exact) mass is 458 g/mol. The molecular formula is C27H30N4O3. The van der Waals surface area contributed by atoms with Crippen molar-refractivity contribution in [1.29, 1.82) is 0 Å². The minimum atomic E-state index is 0.0184. The molecule has 7 heteroatoms. The third-order valence-corrected chi connectivity index (χ3v) is 6.48. The van der Waals surface area contributed by atoms with Crippen LogP contribution in [-0.4, -0.2) is 47.5 Å². The van der Waals surface area contributed by atoms with Crippen LogP contribution in [0.4, 0.5) is 5.95 Å². The quantitative estimate of drug-likeness (QED) is 0.548. The number of anilines is 1. The molecular weight excluding hydrogens is 428 g/mol. The van der Waals surface area contributed by atoms with E-state index in [0.29, 0.717) is 36.7 Å². The zero-order valence-corrected chi connectivity index (χ0v) is 19.8. The number of hydrogen-bond acceptors (Lipinski definition) is 6. The number of aryl methyl sites for hydroxylation is 1. The van der Waals surface area contributed by atoms with Gasteiger partial charge in [0.15, 0.2) is 0 Å². The lowest BCUT2D eigenvalue weighted by Gasteiger charge is -2.32. The van der Waals surface area contributed by atoms with Crippen LogP contribution >= 0.6 is 0 Å². The Bertz CT molecular complexity index is 1170. The first-order chi connectivity index (χ1) is 16.6. The number of carbonyl (C=O) groups is 1. The number of ether oxygens (including phenoxy) is 2. The van der Waals surface area contributed by atoms with Crippen LogP contribution < -0.4 is 14.4 Å². The van der Waals surface area contributed by atoms with Gasteiger partial charge < -0.3 is 19.3 Å². The molecule has 0 N–H and O–H groups in total. The number of amides is 1. The molecule has 0 saturated carbocycles. The van der Waals surface area contributed by atoms with E-state index in [4.69, 9.17) is 19.4 Å². The maximum absolute atomic E-state index is 13.2. The highest BCUT2D eigenvalue weighted by molar-refractivity contribution is 5.94. The maximum atomic E-state index is 13.2. The first-order valence-corrected chi connectivity index (χ1v) is 11.9. The summed E-state index contributed by atoms with van der Waals surface area (Å²) in [5.41, 5.74) is 3.62. The van der Waals surface area contributed by atoms with Gasteiger partial charge in [-0.3, -0.25) is 4.79 Å². The third-order valence-electron chi connectivity index (χ3n) is 6.48. The summed E-state index contributed by atoms with van der Waals surface area (Å²) in [6.07, 6.45) is 4.21. The lowest BCUT2D eigenvalue weighted by molar-refractivity contribution is 0.0732. The Hall–Kier alpha value is -3.61. The van der Waals surface area contributed by atoms with Crippen molar-refractivity contribution in [2.45, 2.75) is 39.2 Å². The summed E-state index contributed by atoms with van der Waals surface area (Å²) in [4.78, 5) is 27.1. The number of fused-ring (bicyclic) bond motifs is 1. The zero-order chi connectivity index (χ0) is 23.5. The number of methoxy groups -OCH3 is 1. The van der Waals surface area contributed by atoms with E-state index in [1.54, 1.807) is 7.11 Å². The van der Waals surface area contributed by atoms with Gasteiger partial charge in [0.05, 0.1) is 24.9 Å². The molecule has 0 atom stereocenters. The van der Waals surface area contributed by atoms with Crippen LogP contribution in [-0.2, 0) is 13.0 Å². The van der Waals surface area contributed by atoms with E-state index in [2.05, 4.69) is 4.90 Å². The van der Waals surface area contributed by atoms with Crippen molar-refractivity contribution in [1.82, 2.24) is 14.9 Å². The van der Waals surface area contributed by atoms with Gasteiger partial charge in [0.25, 0.3) is 5.91 Å². The lowest BCUT2D eigenvalue weighted by atomic mass is 10.0. The summed E-state index contributed by atoms with van der Waals surface area (Å²) in [5, 5.41) is 0. The topological polar surface area (TPSA) is 67.8 Å². The van der Waals surface area contributed by atoms with Gasteiger partial charge in [-0.25, -0.2) is 4.98 Å².